The van der Waals surface area contributed by atoms with Crippen molar-refractivity contribution >= 4 is 6.08 Å². The number of hydrogen-bond acceptors (Lipinski definition) is 2. The summed E-state index contributed by atoms with van der Waals surface area (Å²) in [6.45, 7) is -0.178. The topological polar surface area (TPSA) is 21.3 Å². The van der Waals surface area contributed by atoms with Crippen LogP contribution in [0.1, 0.15) is 24.0 Å². The highest BCUT2D eigenvalue weighted by molar-refractivity contribution is 5.61. The second kappa shape index (κ2) is 6.82. The van der Waals surface area contributed by atoms with Gasteiger partial charge in [0.2, 0.25) is 0 Å². The summed E-state index contributed by atoms with van der Waals surface area (Å²) < 4.78 is 79.7. The highest BCUT2D eigenvalue weighted by Crippen LogP contribution is 2.35. The lowest BCUT2D eigenvalue weighted by Gasteiger charge is -2.17. The first-order chi connectivity index (χ1) is 10.6. The number of halogens is 6. The molecule has 0 radical (unpaired) electrons. The average Bonchev–Trinajstić information content (AvgIpc) is 2.45. The van der Waals surface area contributed by atoms with Crippen LogP contribution in [0.2, 0.25) is 0 Å². The van der Waals surface area contributed by atoms with Crippen LogP contribution < -0.4 is 10.1 Å². The summed E-state index contributed by atoms with van der Waals surface area (Å²) in [5.41, 5.74) is 0.140. The quantitative estimate of drug-likeness (QED) is 0.824. The lowest BCUT2D eigenvalue weighted by atomic mass is 10.0. The Hall–Kier alpha value is -1.70. The zero-order valence-electron chi connectivity index (χ0n) is 12.0. The predicted octanol–water partition coefficient (Wildman–Crippen LogP) is 4.41. The largest absolute Gasteiger partial charge is 0.483 e. The SMILES string of the molecule is FC(F)(F)COc1cc(C(F)(F)F)ccc1C=C1CCNCC1. The molecule has 8 heteroatoms. The molecule has 0 saturated carbocycles. The molecule has 23 heavy (non-hydrogen) atoms. The van der Waals surface area contributed by atoms with Crippen LogP contribution in [0.4, 0.5) is 26.3 Å². The lowest BCUT2D eigenvalue weighted by molar-refractivity contribution is -0.153. The van der Waals surface area contributed by atoms with Gasteiger partial charge in [-0.1, -0.05) is 17.7 Å². The molecule has 1 N–H and O–H groups in total. The van der Waals surface area contributed by atoms with Crippen LogP contribution in [0.15, 0.2) is 23.8 Å². The maximum absolute atomic E-state index is 12.7. The number of alkyl halides is 6. The minimum absolute atomic E-state index is 0.221. The van der Waals surface area contributed by atoms with Gasteiger partial charge in [0.1, 0.15) is 5.75 Å². The van der Waals surface area contributed by atoms with Crippen LogP contribution in [0, 0.1) is 0 Å². The van der Waals surface area contributed by atoms with E-state index in [-0.39, 0.29) is 5.56 Å². The van der Waals surface area contributed by atoms with Crippen molar-refractivity contribution in [2.24, 2.45) is 0 Å². The molecule has 1 aromatic rings. The fourth-order valence-electron chi connectivity index (χ4n) is 2.23. The molecule has 0 unspecified atom stereocenters. The fraction of sp³-hybridized carbons (Fsp3) is 0.467. The average molecular weight is 339 g/mol. The standard InChI is InChI=1S/C15H15F6NO/c16-14(17,18)9-23-13-8-12(15(19,20)21)2-1-11(13)7-10-3-5-22-6-4-10/h1-2,7-8,22H,3-6,9H2. The maximum Gasteiger partial charge on any atom is 0.422 e. The van der Waals surface area contributed by atoms with Gasteiger partial charge in [-0.2, -0.15) is 26.3 Å². The van der Waals surface area contributed by atoms with Crippen molar-refractivity contribution in [3.8, 4) is 5.75 Å². The molecule has 2 rings (SSSR count). The monoisotopic (exact) mass is 339 g/mol. The minimum Gasteiger partial charge on any atom is -0.483 e. The van der Waals surface area contributed by atoms with Crippen molar-refractivity contribution in [1.82, 2.24) is 5.32 Å². The third kappa shape index (κ3) is 5.46. The normalized spacial score (nSPS) is 16.3. The summed E-state index contributed by atoms with van der Waals surface area (Å²) in [6, 6.07) is 2.59. The molecule has 0 amide bonds. The molecule has 2 nitrogen and oxygen atoms in total. The van der Waals surface area contributed by atoms with Gasteiger partial charge in [-0.3, -0.25) is 0 Å². The van der Waals surface area contributed by atoms with E-state index < -0.39 is 30.3 Å². The number of benzene rings is 1. The second-order valence-corrected chi connectivity index (χ2v) is 5.21. The molecule has 1 heterocycles. The molecule has 1 aliphatic heterocycles. The molecular formula is C15H15F6NO. The predicted molar refractivity (Wildman–Crippen MR) is 73.1 cm³/mol. The van der Waals surface area contributed by atoms with E-state index in [1.165, 1.54) is 0 Å². The van der Waals surface area contributed by atoms with Gasteiger partial charge in [0.05, 0.1) is 5.56 Å². The van der Waals surface area contributed by atoms with E-state index in [1.807, 2.05) is 0 Å². The molecule has 1 aromatic carbocycles. The number of piperidine rings is 1. The van der Waals surface area contributed by atoms with E-state index in [4.69, 9.17) is 0 Å². The van der Waals surface area contributed by atoms with E-state index in [1.54, 1.807) is 6.08 Å². The van der Waals surface area contributed by atoms with Crippen molar-refractivity contribution in [3.63, 3.8) is 0 Å². The van der Waals surface area contributed by atoms with E-state index in [0.29, 0.717) is 18.9 Å². The van der Waals surface area contributed by atoms with Gasteiger partial charge in [-0.05, 0) is 38.1 Å². The summed E-state index contributed by atoms with van der Waals surface area (Å²) >= 11 is 0. The summed E-state index contributed by atoms with van der Waals surface area (Å²) in [7, 11) is 0. The number of hydrogen-bond donors (Lipinski definition) is 1. The first kappa shape index (κ1) is 17.7. The van der Waals surface area contributed by atoms with Crippen LogP contribution in [0.5, 0.6) is 5.75 Å². The Labute approximate surface area is 129 Å². The summed E-state index contributed by atoms with van der Waals surface area (Å²) in [6.07, 6.45) is -6.27. The van der Waals surface area contributed by atoms with E-state index in [9.17, 15) is 26.3 Å². The number of rotatable bonds is 3. The van der Waals surface area contributed by atoms with Crippen molar-refractivity contribution in [2.75, 3.05) is 19.7 Å². The third-order valence-electron chi connectivity index (χ3n) is 3.34. The summed E-state index contributed by atoms with van der Waals surface area (Å²) in [4.78, 5) is 0. The minimum atomic E-state index is -4.64. The molecule has 0 spiro atoms. The lowest BCUT2D eigenvalue weighted by Crippen LogP contribution is -2.23. The molecule has 1 aliphatic rings. The molecular weight excluding hydrogens is 324 g/mol. The van der Waals surface area contributed by atoms with Crippen LogP contribution in [0.3, 0.4) is 0 Å². The van der Waals surface area contributed by atoms with Crippen molar-refractivity contribution in [3.05, 3.63) is 34.9 Å². The van der Waals surface area contributed by atoms with Crippen LogP contribution in [-0.2, 0) is 6.18 Å². The van der Waals surface area contributed by atoms with Gasteiger partial charge in [0, 0.05) is 5.56 Å². The number of nitrogens with one attached hydrogen (secondary N) is 1. The van der Waals surface area contributed by atoms with Crippen LogP contribution >= 0.6 is 0 Å². The molecule has 1 fully saturated rings. The van der Waals surface area contributed by atoms with Gasteiger partial charge in [-0.25, -0.2) is 0 Å². The first-order valence-electron chi connectivity index (χ1n) is 6.96. The smallest absolute Gasteiger partial charge is 0.422 e. The van der Waals surface area contributed by atoms with E-state index in [2.05, 4.69) is 10.1 Å². The van der Waals surface area contributed by atoms with Gasteiger partial charge < -0.3 is 10.1 Å². The van der Waals surface area contributed by atoms with Gasteiger partial charge in [-0.15, -0.1) is 0 Å². The van der Waals surface area contributed by atoms with Gasteiger partial charge >= 0.3 is 12.4 Å². The summed E-state index contributed by atoms with van der Waals surface area (Å²) in [5.74, 6) is -0.414. The Morgan fingerprint density at radius 1 is 1.04 bits per heavy atom. The Balaban J connectivity index is 2.31. The molecule has 0 aromatic heterocycles. The molecule has 128 valence electrons. The fourth-order valence-corrected chi connectivity index (χ4v) is 2.23. The molecule has 1 saturated heterocycles. The van der Waals surface area contributed by atoms with E-state index >= 15 is 0 Å². The Morgan fingerprint density at radius 2 is 1.70 bits per heavy atom. The first-order valence-corrected chi connectivity index (χ1v) is 6.96. The summed E-state index contributed by atoms with van der Waals surface area (Å²) in [5, 5.41) is 3.12. The zero-order chi connectivity index (χ0) is 17.1. The van der Waals surface area contributed by atoms with Gasteiger partial charge in [0.25, 0.3) is 0 Å². The molecule has 0 atom stereocenters. The van der Waals surface area contributed by atoms with Gasteiger partial charge in [0.15, 0.2) is 6.61 Å². The second-order valence-electron chi connectivity index (χ2n) is 5.21. The Morgan fingerprint density at radius 3 is 2.26 bits per heavy atom. The highest BCUT2D eigenvalue weighted by atomic mass is 19.4. The Bertz CT molecular complexity index is 568. The molecule has 0 bridgehead atoms. The number of ether oxygens (including phenoxy) is 1. The zero-order valence-corrected chi connectivity index (χ0v) is 12.0. The van der Waals surface area contributed by atoms with Crippen LogP contribution in [-0.4, -0.2) is 25.9 Å². The van der Waals surface area contributed by atoms with Crippen LogP contribution in [0.25, 0.3) is 6.08 Å². The maximum atomic E-state index is 12.7. The van der Waals surface area contributed by atoms with E-state index in [0.717, 1.165) is 30.8 Å². The van der Waals surface area contributed by atoms with Crippen molar-refractivity contribution in [2.45, 2.75) is 25.2 Å². The molecule has 0 aliphatic carbocycles. The highest BCUT2D eigenvalue weighted by Gasteiger charge is 2.32. The third-order valence-corrected chi connectivity index (χ3v) is 3.34. The van der Waals surface area contributed by atoms with Crippen molar-refractivity contribution in [1.29, 1.82) is 0 Å². The van der Waals surface area contributed by atoms with Crippen molar-refractivity contribution < 1.29 is 31.1 Å². The Kier molecular flexibility index (Phi) is 5.23.